The van der Waals surface area contributed by atoms with Crippen LogP contribution in [0.25, 0.3) is 0 Å². The van der Waals surface area contributed by atoms with Gasteiger partial charge < -0.3 is 0 Å². The summed E-state index contributed by atoms with van der Waals surface area (Å²) in [6.45, 7) is 2.03. The van der Waals surface area contributed by atoms with Crippen molar-refractivity contribution < 1.29 is 0 Å². The standard InChI is InChI=1S/C10H10ClN/c1-8-4-5-10(11)7-9(8)3-2-6-12/h4-5,7H,2-3H2,1H3. The Labute approximate surface area is 77.6 Å². The van der Waals surface area contributed by atoms with Crippen LogP contribution in [0, 0.1) is 18.3 Å². The zero-order chi connectivity index (χ0) is 8.97. The third-order valence-corrected chi connectivity index (χ3v) is 2.05. The SMILES string of the molecule is Cc1ccc(Cl)cc1CCC#N. The van der Waals surface area contributed by atoms with Crippen LogP contribution >= 0.6 is 11.6 Å². The second-order valence-corrected chi connectivity index (χ2v) is 3.17. The Morgan fingerprint density at radius 1 is 1.50 bits per heavy atom. The van der Waals surface area contributed by atoms with Gasteiger partial charge in [0.05, 0.1) is 6.07 Å². The van der Waals surface area contributed by atoms with Crippen LogP contribution in [-0.4, -0.2) is 0 Å². The highest BCUT2D eigenvalue weighted by molar-refractivity contribution is 6.30. The van der Waals surface area contributed by atoms with E-state index in [-0.39, 0.29) is 0 Å². The molecule has 0 fully saturated rings. The van der Waals surface area contributed by atoms with Gasteiger partial charge in [-0.3, -0.25) is 0 Å². The lowest BCUT2D eigenvalue weighted by Gasteiger charge is -2.02. The third-order valence-electron chi connectivity index (χ3n) is 1.82. The van der Waals surface area contributed by atoms with Gasteiger partial charge in [-0.1, -0.05) is 17.7 Å². The highest BCUT2D eigenvalue weighted by atomic mass is 35.5. The second-order valence-electron chi connectivity index (χ2n) is 2.73. The van der Waals surface area contributed by atoms with Crippen molar-refractivity contribution in [3.63, 3.8) is 0 Å². The van der Waals surface area contributed by atoms with Crippen LogP contribution < -0.4 is 0 Å². The molecule has 0 aliphatic rings. The lowest BCUT2D eigenvalue weighted by Crippen LogP contribution is -1.88. The maximum atomic E-state index is 8.40. The minimum absolute atomic E-state index is 0.557. The smallest absolute Gasteiger partial charge is 0.0625 e. The summed E-state index contributed by atoms with van der Waals surface area (Å²) in [7, 11) is 0. The Bertz CT molecular complexity index is 312. The van der Waals surface area contributed by atoms with Gasteiger partial charge in [0.1, 0.15) is 0 Å². The average molecular weight is 180 g/mol. The molecular weight excluding hydrogens is 170 g/mol. The first-order valence-corrected chi connectivity index (χ1v) is 4.24. The molecule has 1 aromatic rings. The first-order chi connectivity index (χ1) is 5.74. The lowest BCUT2D eigenvalue weighted by molar-refractivity contribution is 0.996. The van der Waals surface area contributed by atoms with E-state index in [1.54, 1.807) is 0 Å². The topological polar surface area (TPSA) is 23.8 Å². The number of hydrogen-bond acceptors (Lipinski definition) is 1. The molecule has 0 heterocycles. The molecule has 1 rings (SSSR count). The van der Waals surface area contributed by atoms with Gasteiger partial charge in [-0.2, -0.15) is 5.26 Å². The van der Waals surface area contributed by atoms with Crippen molar-refractivity contribution >= 4 is 11.6 Å². The van der Waals surface area contributed by atoms with E-state index in [9.17, 15) is 0 Å². The molecule has 0 radical (unpaired) electrons. The van der Waals surface area contributed by atoms with E-state index in [1.807, 2.05) is 25.1 Å². The van der Waals surface area contributed by atoms with Crippen LogP contribution in [0.2, 0.25) is 5.02 Å². The fourth-order valence-corrected chi connectivity index (χ4v) is 1.29. The van der Waals surface area contributed by atoms with Gasteiger partial charge in [-0.15, -0.1) is 0 Å². The van der Waals surface area contributed by atoms with Crippen molar-refractivity contribution in [2.45, 2.75) is 19.8 Å². The molecule has 62 valence electrons. The summed E-state index contributed by atoms with van der Waals surface area (Å²) in [5.74, 6) is 0. The molecule has 0 aliphatic carbocycles. The molecule has 0 unspecified atom stereocenters. The molecule has 1 aromatic carbocycles. The minimum Gasteiger partial charge on any atom is -0.198 e. The van der Waals surface area contributed by atoms with E-state index >= 15 is 0 Å². The van der Waals surface area contributed by atoms with Gasteiger partial charge in [0.2, 0.25) is 0 Å². The van der Waals surface area contributed by atoms with Crippen LogP contribution in [0.5, 0.6) is 0 Å². The number of aryl methyl sites for hydroxylation is 2. The van der Waals surface area contributed by atoms with E-state index in [0.29, 0.717) is 6.42 Å². The van der Waals surface area contributed by atoms with E-state index in [0.717, 1.165) is 11.4 Å². The molecule has 0 spiro atoms. The highest BCUT2D eigenvalue weighted by Gasteiger charge is 1.98. The number of nitriles is 1. The quantitative estimate of drug-likeness (QED) is 0.685. The minimum atomic E-state index is 0.557. The van der Waals surface area contributed by atoms with E-state index < -0.39 is 0 Å². The summed E-state index contributed by atoms with van der Waals surface area (Å²) in [5, 5.41) is 9.15. The summed E-state index contributed by atoms with van der Waals surface area (Å²) < 4.78 is 0. The predicted octanol–water partition coefficient (Wildman–Crippen LogP) is 3.10. The number of hydrogen-bond donors (Lipinski definition) is 0. The van der Waals surface area contributed by atoms with Gasteiger partial charge in [0.15, 0.2) is 0 Å². The van der Waals surface area contributed by atoms with Crippen LogP contribution in [0.3, 0.4) is 0 Å². The second kappa shape index (κ2) is 4.13. The maximum Gasteiger partial charge on any atom is 0.0625 e. The zero-order valence-electron chi connectivity index (χ0n) is 6.97. The molecule has 1 nitrogen and oxygen atoms in total. The summed E-state index contributed by atoms with van der Waals surface area (Å²) >= 11 is 5.81. The Morgan fingerprint density at radius 3 is 2.92 bits per heavy atom. The molecule has 0 bridgehead atoms. The predicted molar refractivity (Wildman–Crippen MR) is 50.1 cm³/mol. The normalized spacial score (nSPS) is 9.42. The zero-order valence-corrected chi connectivity index (χ0v) is 7.73. The summed E-state index contributed by atoms with van der Waals surface area (Å²) in [5.41, 5.74) is 2.37. The van der Waals surface area contributed by atoms with Gasteiger partial charge in [0, 0.05) is 11.4 Å². The highest BCUT2D eigenvalue weighted by Crippen LogP contribution is 2.16. The Kier molecular flexibility index (Phi) is 3.13. The van der Waals surface area contributed by atoms with Gasteiger partial charge in [-0.25, -0.2) is 0 Å². The van der Waals surface area contributed by atoms with Crippen LogP contribution in [0.15, 0.2) is 18.2 Å². The van der Waals surface area contributed by atoms with Gasteiger partial charge in [-0.05, 0) is 36.6 Å². The van der Waals surface area contributed by atoms with Crippen molar-refractivity contribution in [3.05, 3.63) is 34.3 Å². The molecule has 0 saturated heterocycles. The van der Waals surface area contributed by atoms with Crippen molar-refractivity contribution in [2.24, 2.45) is 0 Å². The Hall–Kier alpha value is -1.00. The molecule has 12 heavy (non-hydrogen) atoms. The number of halogens is 1. The Morgan fingerprint density at radius 2 is 2.25 bits per heavy atom. The molecule has 0 N–H and O–H groups in total. The summed E-state index contributed by atoms with van der Waals surface area (Å²) in [6, 6.07) is 7.89. The average Bonchev–Trinajstić information content (AvgIpc) is 2.07. The van der Waals surface area contributed by atoms with Crippen LogP contribution in [0.1, 0.15) is 17.5 Å². The van der Waals surface area contributed by atoms with Gasteiger partial charge >= 0.3 is 0 Å². The van der Waals surface area contributed by atoms with E-state index in [4.69, 9.17) is 16.9 Å². The molecule has 0 saturated carbocycles. The Balaban J connectivity index is 2.84. The van der Waals surface area contributed by atoms with Crippen LogP contribution in [-0.2, 0) is 6.42 Å². The van der Waals surface area contributed by atoms with Crippen LogP contribution in [0.4, 0.5) is 0 Å². The van der Waals surface area contributed by atoms with E-state index in [2.05, 4.69) is 6.07 Å². The lowest BCUT2D eigenvalue weighted by atomic mass is 10.0. The fourth-order valence-electron chi connectivity index (χ4n) is 1.10. The monoisotopic (exact) mass is 179 g/mol. The van der Waals surface area contributed by atoms with E-state index in [1.165, 1.54) is 11.1 Å². The molecule has 0 amide bonds. The third kappa shape index (κ3) is 2.25. The summed E-state index contributed by atoms with van der Waals surface area (Å²) in [6.07, 6.45) is 1.35. The largest absolute Gasteiger partial charge is 0.198 e. The number of benzene rings is 1. The van der Waals surface area contributed by atoms with Crippen molar-refractivity contribution in [3.8, 4) is 6.07 Å². The molecule has 0 atom stereocenters. The summed E-state index contributed by atoms with van der Waals surface area (Å²) in [4.78, 5) is 0. The van der Waals surface area contributed by atoms with Gasteiger partial charge in [0.25, 0.3) is 0 Å². The number of rotatable bonds is 2. The fraction of sp³-hybridized carbons (Fsp3) is 0.300. The van der Waals surface area contributed by atoms with Crippen molar-refractivity contribution in [2.75, 3.05) is 0 Å². The van der Waals surface area contributed by atoms with Crippen molar-refractivity contribution in [1.29, 1.82) is 5.26 Å². The first kappa shape index (κ1) is 9.09. The van der Waals surface area contributed by atoms with Crippen molar-refractivity contribution in [1.82, 2.24) is 0 Å². The maximum absolute atomic E-state index is 8.40. The molecule has 0 aromatic heterocycles. The molecule has 2 heteroatoms. The molecule has 0 aliphatic heterocycles. The first-order valence-electron chi connectivity index (χ1n) is 3.86. The molecular formula is C10H10ClN. The number of nitrogens with zero attached hydrogens (tertiary/aromatic N) is 1.